The SMILES string of the molecule is Cc1cc(Nc2ccc(F)c(F)c2F)nc(Nc2ccc(F)cc2F)n1. The number of halogens is 5. The predicted molar refractivity (Wildman–Crippen MR) is 86.0 cm³/mol. The second-order valence-corrected chi connectivity index (χ2v) is 5.32. The first kappa shape index (κ1) is 17.6. The predicted octanol–water partition coefficient (Wildman–Crippen LogP) is 4.97. The summed E-state index contributed by atoms with van der Waals surface area (Å²) < 4.78 is 66.7. The van der Waals surface area contributed by atoms with Gasteiger partial charge in [-0.25, -0.2) is 26.9 Å². The maximum Gasteiger partial charge on any atom is 0.229 e. The number of aromatic nitrogens is 2. The van der Waals surface area contributed by atoms with Crippen LogP contribution >= 0.6 is 0 Å². The van der Waals surface area contributed by atoms with Gasteiger partial charge in [-0.1, -0.05) is 0 Å². The molecule has 26 heavy (non-hydrogen) atoms. The van der Waals surface area contributed by atoms with Crippen LogP contribution in [0.1, 0.15) is 5.69 Å². The monoisotopic (exact) mass is 366 g/mol. The molecule has 0 bridgehead atoms. The van der Waals surface area contributed by atoms with Crippen molar-refractivity contribution in [2.45, 2.75) is 6.92 Å². The number of nitrogens with zero attached hydrogens (tertiary/aromatic N) is 2. The number of hydrogen-bond acceptors (Lipinski definition) is 4. The molecule has 0 aliphatic rings. The number of benzene rings is 2. The lowest BCUT2D eigenvalue weighted by atomic mass is 10.2. The first-order valence-electron chi connectivity index (χ1n) is 7.32. The Bertz CT molecular complexity index is 978. The van der Waals surface area contributed by atoms with Crippen LogP contribution in [0.5, 0.6) is 0 Å². The molecule has 0 radical (unpaired) electrons. The number of anilines is 4. The van der Waals surface area contributed by atoms with Gasteiger partial charge in [0.2, 0.25) is 5.95 Å². The van der Waals surface area contributed by atoms with Gasteiger partial charge in [0.25, 0.3) is 0 Å². The van der Waals surface area contributed by atoms with Crippen molar-refractivity contribution in [1.29, 1.82) is 0 Å². The number of aryl methyl sites for hydroxylation is 1. The van der Waals surface area contributed by atoms with Crippen molar-refractivity contribution >= 4 is 23.1 Å². The standard InChI is InChI=1S/C17H11F5N4/c1-8-6-14(24-13-5-3-10(19)15(21)16(13)22)26-17(23-8)25-12-4-2-9(18)7-11(12)20/h2-7H,1H3,(H2,23,24,25,26). The molecule has 0 aliphatic heterocycles. The van der Waals surface area contributed by atoms with Crippen molar-refractivity contribution < 1.29 is 22.0 Å². The summed E-state index contributed by atoms with van der Waals surface area (Å²) in [5.74, 6) is -5.92. The second kappa shape index (κ2) is 6.95. The fourth-order valence-corrected chi connectivity index (χ4v) is 2.16. The summed E-state index contributed by atoms with van der Waals surface area (Å²) in [6, 6.07) is 6.11. The van der Waals surface area contributed by atoms with Crippen LogP contribution in [-0.2, 0) is 0 Å². The highest BCUT2D eigenvalue weighted by atomic mass is 19.2. The molecule has 4 nitrogen and oxygen atoms in total. The summed E-state index contributed by atoms with van der Waals surface area (Å²) in [6.45, 7) is 1.60. The zero-order chi connectivity index (χ0) is 18.8. The lowest BCUT2D eigenvalue weighted by Crippen LogP contribution is -2.05. The fourth-order valence-electron chi connectivity index (χ4n) is 2.16. The molecule has 3 aromatic rings. The second-order valence-electron chi connectivity index (χ2n) is 5.32. The number of hydrogen-bond donors (Lipinski definition) is 2. The lowest BCUT2D eigenvalue weighted by molar-refractivity contribution is 0.449. The average Bonchev–Trinajstić information content (AvgIpc) is 2.57. The van der Waals surface area contributed by atoms with Gasteiger partial charge in [0.15, 0.2) is 17.5 Å². The summed E-state index contributed by atoms with van der Waals surface area (Å²) >= 11 is 0. The van der Waals surface area contributed by atoms with Crippen LogP contribution < -0.4 is 10.6 Å². The Balaban J connectivity index is 1.89. The number of rotatable bonds is 4. The molecule has 2 aromatic carbocycles. The summed E-state index contributed by atoms with van der Waals surface area (Å²) in [5, 5.41) is 5.07. The maximum absolute atomic E-state index is 13.8. The van der Waals surface area contributed by atoms with E-state index in [4.69, 9.17) is 0 Å². The summed E-state index contributed by atoms with van der Waals surface area (Å²) in [4.78, 5) is 8.04. The molecular weight excluding hydrogens is 355 g/mol. The molecule has 0 spiro atoms. The van der Waals surface area contributed by atoms with E-state index in [2.05, 4.69) is 20.6 Å². The van der Waals surface area contributed by atoms with Crippen molar-refractivity contribution in [2.75, 3.05) is 10.6 Å². The van der Waals surface area contributed by atoms with Crippen LogP contribution in [0.25, 0.3) is 0 Å². The molecule has 2 N–H and O–H groups in total. The van der Waals surface area contributed by atoms with Crippen molar-refractivity contribution in [3.8, 4) is 0 Å². The number of nitrogens with one attached hydrogen (secondary N) is 2. The third-order valence-corrected chi connectivity index (χ3v) is 3.33. The highest BCUT2D eigenvalue weighted by Gasteiger charge is 2.14. The molecule has 1 aromatic heterocycles. The largest absolute Gasteiger partial charge is 0.338 e. The van der Waals surface area contributed by atoms with Crippen LogP contribution in [0, 0.1) is 36.0 Å². The first-order valence-corrected chi connectivity index (χ1v) is 7.32. The van der Waals surface area contributed by atoms with Crippen molar-refractivity contribution in [1.82, 2.24) is 9.97 Å². The van der Waals surface area contributed by atoms with E-state index in [-0.39, 0.29) is 23.1 Å². The normalized spacial score (nSPS) is 10.7. The van der Waals surface area contributed by atoms with Gasteiger partial charge in [-0.3, -0.25) is 0 Å². The molecule has 0 unspecified atom stereocenters. The average molecular weight is 366 g/mol. The van der Waals surface area contributed by atoms with Crippen LogP contribution in [-0.4, -0.2) is 9.97 Å². The van der Waals surface area contributed by atoms with Gasteiger partial charge in [-0.2, -0.15) is 4.98 Å². The third-order valence-electron chi connectivity index (χ3n) is 3.33. The van der Waals surface area contributed by atoms with Gasteiger partial charge < -0.3 is 10.6 Å². The van der Waals surface area contributed by atoms with Crippen molar-refractivity contribution in [2.24, 2.45) is 0 Å². The minimum Gasteiger partial charge on any atom is -0.338 e. The van der Waals surface area contributed by atoms with Gasteiger partial charge in [0.1, 0.15) is 17.5 Å². The molecule has 0 atom stereocenters. The zero-order valence-electron chi connectivity index (χ0n) is 13.2. The van der Waals surface area contributed by atoms with Crippen molar-refractivity contribution in [3.05, 3.63) is 71.2 Å². The topological polar surface area (TPSA) is 49.8 Å². The van der Waals surface area contributed by atoms with E-state index in [1.165, 1.54) is 12.1 Å². The Hall–Kier alpha value is -3.23. The summed E-state index contributed by atoms with van der Waals surface area (Å²) in [7, 11) is 0. The minimum atomic E-state index is -1.62. The van der Waals surface area contributed by atoms with E-state index in [1.807, 2.05) is 0 Å². The Morgan fingerprint density at radius 2 is 1.46 bits per heavy atom. The molecule has 0 fully saturated rings. The van der Waals surface area contributed by atoms with Crippen molar-refractivity contribution in [3.63, 3.8) is 0 Å². The van der Waals surface area contributed by atoms with E-state index in [0.717, 1.165) is 18.2 Å². The molecule has 3 rings (SSSR count). The third kappa shape index (κ3) is 3.71. The quantitative estimate of drug-likeness (QED) is 0.506. The van der Waals surface area contributed by atoms with E-state index < -0.39 is 29.1 Å². The Kier molecular flexibility index (Phi) is 4.70. The molecule has 0 saturated carbocycles. The highest BCUT2D eigenvalue weighted by Crippen LogP contribution is 2.25. The van der Waals surface area contributed by atoms with Gasteiger partial charge >= 0.3 is 0 Å². The lowest BCUT2D eigenvalue weighted by Gasteiger charge is -2.11. The van der Waals surface area contributed by atoms with Gasteiger partial charge in [-0.05, 0) is 31.2 Å². The van der Waals surface area contributed by atoms with E-state index in [0.29, 0.717) is 11.8 Å². The van der Waals surface area contributed by atoms with Gasteiger partial charge in [0, 0.05) is 17.8 Å². The fraction of sp³-hybridized carbons (Fsp3) is 0.0588. The Morgan fingerprint density at radius 1 is 0.731 bits per heavy atom. The Labute approximate surface area is 144 Å². The van der Waals surface area contributed by atoms with E-state index >= 15 is 0 Å². The maximum atomic E-state index is 13.8. The molecule has 1 heterocycles. The molecule has 0 aliphatic carbocycles. The summed E-state index contributed by atoms with van der Waals surface area (Å²) in [5.41, 5.74) is 0.0263. The van der Waals surface area contributed by atoms with Crippen LogP contribution in [0.4, 0.5) is 45.1 Å². The molecule has 0 amide bonds. The summed E-state index contributed by atoms with van der Waals surface area (Å²) in [6.07, 6.45) is 0. The molecule has 0 saturated heterocycles. The molecular formula is C17H11F5N4. The minimum absolute atomic E-state index is 0.0546. The molecule has 9 heteroatoms. The van der Waals surface area contributed by atoms with Crippen LogP contribution in [0.3, 0.4) is 0 Å². The Morgan fingerprint density at radius 3 is 2.19 bits per heavy atom. The van der Waals surface area contributed by atoms with Gasteiger partial charge in [0.05, 0.1) is 11.4 Å². The highest BCUT2D eigenvalue weighted by molar-refractivity contribution is 5.61. The van der Waals surface area contributed by atoms with E-state index in [1.54, 1.807) is 6.92 Å². The zero-order valence-corrected chi connectivity index (χ0v) is 13.2. The van der Waals surface area contributed by atoms with Crippen LogP contribution in [0.15, 0.2) is 36.4 Å². The first-order chi connectivity index (χ1) is 12.3. The van der Waals surface area contributed by atoms with E-state index in [9.17, 15) is 22.0 Å². The van der Waals surface area contributed by atoms with Crippen LogP contribution in [0.2, 0.25) is 0 Å². The smallest absolute Gasteiger partial charge is 0.229 e. The molecule has 134 valence electrons. The van der Waals surface area contributed by atoms with Gasteiger partial charge in [-0.15, -0.1) is 0 Å².